The number of nitro benzene ring substituents is 1. The molecule has 25 heavy (non-hydrogen) atoms. The Morgan fingerprint density at radius 2 is 2.04 bits per heavy atom. The van der Waals surface area contributed by atoms with Crippen LogP contribution in [0.5, 0.6) is 5.88 Å². The van der Waals surface area contributed by atoms with Crippen molar-refractivity contribution in [2.75, 3.05) is 5.32 Å². The first-order valence-corrected chi connectivity index (χ1v) is 8.10. The van der Waals surface area contributed by atoms with Gasteiger partial charge in [0, 0.05) is 27.5 Å². The molecule has 0 aliphatic heterocycles. The minimum Gasteiger partial charge on any atom is -0.491 e. The van der Waals surface area contributed by atoms with Crippen LogP contribution in [-0.4, -0.2) is 15.2 Å². The molecule has 0 amide bonds. The zero-order valence-corrected chi connectivity index (χ0v) is 14.9. The third-order valence-electron chi connectivity index (χ3n) is 3.50. The van der Waals surface area contributed by atoms with Gasteiger partial charge in [-0.05, 0) is 58.4 Å². The van der Waals surface area contributed by atoms with E-state index in [1.807, 2.05) is 25.1 Å². The summed E-state index contributed by atoms with van der Waals surface area (Å²) in [6.45, 7) is 1.88. The lowest BCUT2D eigenvalue weighted by atomic mass is 10.1. The number of aryl methyl sites for hydroxylation is 1. The Balaban J connectivity index is 2.14. The molecule has 0 aliphatic rings. The quantitative estimate of drug-likeness (QED) is 0.335. The van der Waals surface area contributed by atoms with Crippen LogP contribution in [-0.2, 0) is 0 Å². The second-order valence-corrected chi connectivity index (χ2v) is 6.49. The van der Waals surface area contributed by atoms with Crippen LogP contribution in [0.3, 0.4) is 0 Å². The predicted octanol–water partition coefficient (Wildman–Crippen LogP) is 4.75. The molecule has 3 rings (SSSR count). The fourth-order valence-electron chi connectivity index (χ4n) is 2.31. The van der Waals surface area contributed by atoms with Crippen molar-refractivity contribution in [3.8, 4) is 17.2 Å². The maximum absolute atomic E-state index is 14.1. The maximum atomic E-state index is 14.1. The van der Waals surface area contributed by atoms with Crippen molar-refractivity contribution in [1.82, 2.24) is 5.16 Å². The lowest BCUT2D eigenvalue weighted by Crippen LogP contribution is -2.00. The summed E-state index contributed by atoms with van der Waals surface area (Å²) in [6.07, 6.45) is 0. The number of nitrogens with zero attached hydrogens (tertiary/aromatic N) is 2. The molecule has 0 radical (unpaired) electrons. The van der Waals surface area contributed by atoms with Gasteiger partial charge in [-0.2, -0.15) is 4.39 Å². The zero-order chi connectivity index (χ0) is 18.1. The molecule has 0 aliphatic carbocycles. The molecule has 2 aromatic carbocycles. The van der Waals surface area contributed by atoms with Crippen molar-refractivity contribution in [1.29, 1.82) is 0 Å². The summed E-state index contributed by atoms with van der Waals surface area (Å²) in [7, 11) is 0. The molecule has 3 aromatic rings. The highest BCUT2D eigenvalue weighted by Crippen LogP contribution is 2.37. The predicted molar refractivity (Wildman–Crippen MR) is 97.4 cm³/mol. The molecule has 2 N–H and O–H groups in total. The van der Waals surface area contributed by atoms with Crippen LogP contribution in [0.15, 0.2) is 40.9 Å². The molecule has 1 aromatic heterocycles. The van der Waals surface area contributed by atoms with Crippen molar-refractivity contribution in [3.05, 3.63) is 61.5 Å². The van der Waals surface area contributed by atoms with E-state index in [2.05, 4.69) is 33.1 Å². The third kappa shape index (κ3) is 3.55. The van der Waals surface area contributed by atoms with Gasteiger partial charge in [-0.1, -0.05) is 0 Å². The van der Waals surface area contributed by atoms with Gasteiger partial charge in [-0.3, -0.25) is 10.1 Å². The van der Waals surface area contributed by atoms with Crippen molar-refractivity contribution < 1.29 is 18.9 Å². The summed E-state index contributed by atoms with van der Waals surface area (Å²) in [5.74, 6) is -1.28. The van der Waals surface area contributed by atoms with Gasteiger partial charge in [-0.25, -0.2) is 0 Å². The highest BCUT2D eigenvalue weighted by atomic mass is 127. The molecule has 0 bridgehead atoms. The fraction of sp³-hybridized carbons (Fsp3) is 0.0625. The number of hydrogen-bond acceptors (Lipinski definition) is 6. The van der Waals surface area contributed by atoms with E-state index in [1.54, 1.807) is 0 Å². The summed E-state index contributed by atoms with van der Waals surface area (Å²) >= 11 is 2.17. The largest absolute Gasteiger partial charge is 0.491 e. The molecular formula is C16H11FIN3O4. The molecule has 0 saturated carbocycles. The molecule has 9 heteroatoms. The number of nitro groups is 1. The molecule has 128 valence electrons. The zero-order valence-electron chi connectivity index (χ0n) is 12.8. The Morgan fingerprint density at radius 1 is 1.28 bits per heavy atom. The number of nitrogens with one attached hydrogen (secondary N) is 1. The van der Waals surface area contributed by atoms with Crippen LogP contribution in [0.2, 0.25) is 0 Å². The topological polar surface area (TPSA) is 101 Å². The van der Waals surface area contributed by atoms with E-state index >= 15 is 0 Å². The lowest BCUT2D eigenvalue weighted by molar-refractivity contribution is -0.387. The van der Waals surface area contributed by atoms with Gasteiger partial charge in [0.05, 0.1) is 16.2 Å². The fourth-order valence-corrected chi connectivity index (χ4v) is 2.96. The van der Waals surface area contributed by atoms with Crippen molar-refractivity contribution >= 4 is 39.7 Å². The van der Waals surface area contributed by atoms with E-state index in [4.69, 9.17) is 4.52 Å². The van der Waals surface area contributed by atoms with Gasteiger partial charge in [0.2, 0.25) is 5.82 Å². The van der Waals surface area contributed by atoms with Gasteiger partial charge < -0.3 is 14.9 Å². The number of benzene rings is 2. The van der Waals surface area contributed by atoms with Crippen LogP contribution >= 0.6 is 22.6 Å². The minimum absolute atomic E-state index is 0.0752. The van der Waals surface area contributed by atoms with Crippen molar-refractivity contribution in [2.24, 2.45) is 0 Å². The summed E-state index contributed by atoms with van der Waals surface area (Å²) < 4.78 is 20.1. The van der Waals surface area contributed by atoms with Crippen LogP contribution in [0.25, 0.3) is 11.3 Å². The van der Waals surface area contributed by atoms with Gasteiger partial charge >= 0.3 is 5.69 Å². The van der Waals surface area contributed by atoms with E-state index in [-0.39, 0.29) is 22.9 Å². The highest BCUT2D eigenvalue weighted by Gasteiger charge is 2.22. The third-order valence-corrected chi connectivity index (χ3v) is 4.18. The summed E-state index contributed by atoms with van der Waals surface area (Å²) in [4.78, 5) is 10.2. The molecule has 0 atom stereocenters. The van der Waals surface area contributed by atoms with Crippen LogP contribution in [0, 0.1) is 26.4 Å². The molecule has 0 saturated heterocycles. The van der Waals surface area contributed by atoms with Crippen LogP contribution in [0.4, 0.5) is 21.5 Å². The smallest absolute Gasteiger partial charge is 0.305 e. The normalized spacial score (nSPS) is 10.7. The van der Waals surface area contributed by atoms with Gasteiger partial charge in [0.25, 0.3) is 5.88 Å². The molecule has 1 heterocycles. The molecule has 7 nitrogen and oxygen atoms in total. The summed E-state index contributed by atoms with van der Waals surface area (Å²) in [5, 5.41) is 26.8. The van der Waals surface area contributed by atoms with Gasteiger partial charge in [-0.15, -0.1) is 0 Å². The number of rotatable bonds is 4. The number of aromatic nitrogens is 1. The Morgan fingerprint density at radius 3 is 2.64 bits per heavy atom. The highest BCUT2D eigenvalue weighted by molar-refractivity contribution is 14.1. The van der Waals surface area contributed by atoms with Crippen LogP contribution < -0.4 is 5.32 Å². The van der Waals surface area contributed by atoms with Crippen LogP contribution in [0.1, 0.15) is 5.56 Å². The molecule has 0 fully saturated rings. The van der Waals surface area contributed by atoms with Gasteiger partial charge in [0.1, 0.15) is 0 Å². The van der Waals surface area contributed by atoms with Crippen molar-refractivity contribution in [3.63, 3.8) is 0 Å². The first-order chi connectivity index (χ1) is 11.8. The second kappa shape index (κ2) is 6.67. The molecular weight excluding hydrogens is 444 g/mol. The average Bonchev–Trinajstić information content (AvgIpc) is 2.96. The Hall–Kier alpha value is -2.69. The monoisotopic (exact) mass is 455 g/mol. The maximum Gasteiger partial charge on any atom is 0.305 e. The average molecular weight is 455 g/mol. The Kier molecular flexibility index (Phi) is 4.57. The summed E-state index contributed by atoms with van der Waals surface area (Å²) in [6, 6.07) is 8.88. The number of hydrogen-bond donors (Lipinski definition) is 2. The number of anilines is 2. The molecule has 0 unspecified atom stereocenters. The summed E-state index contributed by atoms with van der Waals surface area (Å²) in [5.41, 5.74) is 1.38. The van der Waals surface area contributed by atoms with E-state index in [9.17, 15) is 19.6 Å². The first kappa shape index (κ1) is 17.1. The van der Waals surface area contributed by atoms with Gasteiger partial charge in [0.15, 0.2) is 5.76 Å². The first-order valence-electron chi connectivity index (χ1n) is 7.02. The van der Waals surface area contributed by atoms with E-state index < -0.39 is 16.4 Å². The SMILES string of the molecule is Cc1cc(I)ccc1Nc1cc(F)c([N+](=O)[O-])cc1-c1cc(O)no1. The van der Waals surface area contributed by atoms with Crippen molar-refractivity contribution in [2.45, 2.75) is 6.92 Å². The number of aromatic hydroxyl groups is 1. The second-order valence-electron chi connectivity index (χ2n) is 5.24. The standard InChI is InChI=1S/C16H11FIN3O4/c1-8-4-9(18)2-3-12(8)19-13-6-11(17)14(21(23)24)5-10(13)15-7-16(22)20-25-15/h2-7,19H,1H3,(H,20,22). The van der Waals surface area contributed by atoms with E-state index in [1.165, 1.54) is 6.07 Å². The van der Waals surface area contributed by atoms with E-state index in [0.717, 1.165) is 21.3 Å². The Bertz CT molecular complexity index is 974. The number of halogens is 2. The Labute approximate surface area is 154 Å². The minimum atomic E-state index is -0.983. The van der Waals surface area contributed by atoms with E-state index in [0.29, 0.717) is 5.69 Å². The molecule has 0 spiro atoms. The lowest BCUT2D eigenvalue weighted by Gasteiger charge is -2.13.